The summed E-state index contributed by atoms with van der Waals surface area (Å²) in [6.45, 7) is 3.50. The number of carbonyl (C=O) groups is 4. The SMILES string of the molecule is CCOc1ccc(NC(=O)COC(=O)c2ccc3c(c2)C(=O)N(c2cc(C)on2)C3=O)cc1. The summed E-state index contributed by atoms with van der Waals surface area (Å²) in [5, 5.41) is 6.31. The summed E-state index contributed by atoms with van der Waals surface area (Å²) < 4.78 is 15.3. The number of rotatable bonds is 7. The number of amides is 3. The second-order valence-corrected chi connectivity index (χ2v) is 7.08. The van der Waals surface area contributed by atoms with E-state index in [1.54, 1.807) is 31.2 Å². The molecule has 0 fully saturated rings. The number of imide groups is 1. The Morgan fingerprint density at radius 1 is 1.03 bits per heavy atom. The first-order valence-corrected chi connectivity index (χ1v) is 10.0. The van der Waals surface area contributed by atoms with Gasteiger partial charge in [-0.2, -0.15) is 0 Å². The van der Waals surface area contributed by atoms with Crippen molar-refractivity contribution in [3.63, 3.8) is 0 Å². The zero-order valence-electron chi connectivity index (χ0n) is 17.8. The lowest BCUT2D eigenvalue weighted by Gasteiger charge is -2.08. The lowest BCUT2D eigenvalue weighted by molar-refractivity contribution is -0.119. The largest absolute Gasteiger partial charge is 0.494 e. The zero-order chi connectivity index (χ0) is 23.5. The van der Waals surface area contributed by atoms with Crippen LogP contribution in [-0.2, 0) is 9.53 Å². The van der Waals surface area contributed by atoms with E-state index in [0.717, 1.165) is 4.90 Å². The quantitative estimate of drug-likeness (QED) is 0.431. The number of anilines is 2. The van der Waals surface area contributed by atoms with Gasteiger partial charge in [-0.15, -0.1) is 0 Å². The standard InChI is InChI=1S/C23H19N3O7/c1-3-31-16-7-5-15(6-8-16)24-20(27)12-32-23(30)14-4-9-17-18(11-14)22(29)26(21(17)28)19-10-13(2)33-25-19/h4-11H,3,12H2,1-2H3,(H,24,27). The van der Waals surface area contributed by atoms with Gasteiger partial charge in [-0.25, -0.2) is 9.69 Å². The molecule has 2 heterocycles. The van der Waals surface area contributed by atoms with E-state index in [1.807, 2.05) is 6.92 Å². The molecule has 0 radical (unpaired) electrons. The second kappa shape index (κ2) is 8.95. The highest BCUT2D eigenvalue weighted by Gasteiger charge is 2.38. The Labute approximate surface area is 188 Å². The number of esters is 1. The third-order valence-electron chi connectivity index (χ3n) is 4.75. The maximum absolute atomic E-state index is 12.7. The van der Waals surface area contributed by atoms with Crippen LogP contribution < -0.4 is 15.0 Å². The number of aromatic nitrogens is 1. The lowest BCUT2D eigenvalue weighted by atomic mass is 10.1. The molecule has 0 spiro atoms. The third kappa shape index (κ3) is 4.45. The first kappa shape index (κ1) is 21.8. The summed E-state index contributed by atoms with van der Waals surface area (Å²) in [7, 11) is 0. The van der Waals surface area contributed by atoms with E-state index in [9.17, 15) is 19.2 Å². The van der Waals surface area contributed by atoms with Gasteiger partial charge in [-0.3, -0.25) is 14.4 Å². The maximum atomic E-state index is 12.7. The number of carbonyl (C=O) groups excluding carboxylic acids is 4. The van der Waals surface area contributed by atoms with Crippen LogP contribution >= 0.6 is 0 Å². The first-order valence-electron chi connectivity index (χ1n) is 10.0. The Bertz CT molecular complexity index is 1250. The molecule has 33 heavy (non-hydrogen) atoms. The van der Waals surface area contributed by atoms with Gasteiger partial charge in [0, 0.05) is 11.8 Å². The van der Waals surface area contributed by atoms with E-state index in [-0.39, 0.29) is 22.5 Å². The van der Waals surface area contributed by atoms with Crippen molar-refractivity contribution in [2.24, 2.45) is 0 Å². The molecular weight excluding hydrogens is 430 g/mol. The fraction of sp³-hybridized carbons (Fsp3) is 0.174. The molecule has 0 atom stereocenters. The minimum Gasteiger partial charge on any atom is -0.494 e. The number of nitrogens with one attached hydrogen (secondary N) is 1. The second-order valence-electron chi connectivity index (χ2n) is 7.08. The Morgan fingerprint density at radius 3 is 2.42 bits per heavy atom. The summed E-state index contributed by atoms with van der Waals surface area (Å²) in [5.74, 6) is -1.38. The molecule has 0 saturated carbocycles. The molecule has 0 unspecified atom stereocenters. The van der Waals surface area contributed by atoms with Crippen LogP contribution in [0.2, 0.25) is 0 Å². The van der Waals surface area contributed by atoms with Gasteiger partial charge in [0.15, 0.2) is 12.4 Å². The zero-order valence-corrected chi connectivity index (χ0v) is 17.8. The maximum Gasteiger partial charge on any atom is 0.338 e. The van der Waals surface area contributed by atoms with Crippen molar-refractivity contribution in [2.75, 3.05) is 23.4 Å². The molecule has 168 valence electrons. The predicted octanol–water partition coefficient (Wildman–Crippen LogP) is 2.98. The van der Waals surface area contributed by atoms with E-state index in [0.29, 0.717) is 23.8 Å². The minimum absolute atomic E-state index is 0.0296. The molecule has 3 amide bonds. The fourth-order valence-corrected chi connectivity index (χ4v) is 3.25. The van der Waals surface area contributed by atoms with E-state index >= 15 is 0 Å². The average Bonchev–Trinajstić information content (AvgIpc) is 3.33. The van der Waals surface area contributed by atoms with Crippen LogP contribution in [-0.4, -0.2) is 42.1 Å². The highest BCUT2D eigenvalue weighted by Crippen LogP contribution is 2.29. The van der Waals surface area contributed by atoms with Crippen molar-refractivity contribution < 1.29 is 33.2 Å². The van der Waals surface area contributed by atoms with Crippen molar-refractivity contribution in [2.45, 2.75) is 13.8 Å². The minimum atomic E-state index is -0.810. The Hall–Kier alpha value is -4.47. The highest BCUT2D eigenvalue weighted by atomic mass is 16.5. The van der Waals surface area contributed by atoms with E-state index in [2.05, 4.69) is 10.5 Å². The summed E-state index contributed by atoms with van der Waals surface area (Å²) in [4.78, 5) is 50.7. The molecule has 4 rings (SSSR count). The van der Waals surface area contributed by atoms with Crippen LogP contribution in [0.4, 0.5) is 11.5 Å². The van der Waals surface area contributed by atoms with Gasteiger partial charge in [-0.05, 0) is 56.3 Å². The molecule has 1 aliphatic rings. The summed E-state index contributed by atoms with van der Waals surface area (Å²) >= 11 is 0. The summed E-state index contributed by atoms with van der Waals surface area (Å²) in [6.07, 6.45) is 0. The first-order chi connectivity index (χ1) is 15.9. The molecule has 0 saturated heterocycles. The molecular formula is C23H19N3O7. The van der Waals surface area contributed by atoms with Gasteiger partial charge in [0.1, 0.15) is 11.5 Å². The highest BCUT2D eigenvalue weighted by molar-refractivity contribution is 6.34. The monoisotopic (exact) mass is 449 g/mol. The lowest BCUT2D eigenvalue weighted by Crippen LogP contribution is -2.29. The van der Waals surface area contributed by atoms with Crippen LogP contribution in [0.3, 0.4) is 0 Å². The number of benzene rings is 2. The van der Waals surface area contributed by atoms with Crippen LogP contribution in [0.25, 0.3) is 0 Å². The number of hydrogen-bond acceptors (Lipinski definition) is 8. The summed E-state index contributed by atoms with van der Waals surface area (Å²) in [6, 6.07) is 12.2. The smallest absolute Gasteiger partial charge is 0.338 e. The molecule has 10 heteroatoms. The van der Waals surface area contributed by atoms with Crippen molar-refractivity contribution in [3.05, 3.63) is 71.0 Å². The van der Waals surface area contributed by atoms with E-state index in [4.69, 9.17) is 14.0 Å². The Balaban J connectivity index is 1.39. The normalized spacial score (nSPS) is 12.5. The van der Waals surface area contributed by atoms with E-state index < -0.39 is 30.3 Å². The van der Waals surface area contributed by atoms with Crippen molar-refractivity contribution >= 4 is 35.2 Å². The topological polar surface area (TPSA) is 128 Å². The van der Waals surface area contributed by atoms with Crippen LogP contribution in [0.1, 0.15) is 43.8 Å². The van der Waals surface area contributed by atoms with Gasteiger partial charge in [0.05, 0.1) is 23.3 Å². The van der Waals surface area contributed by atoms with Crippen molar-refractivity contribution in [1.82, 2.24) is 5.16 Å². The molecule has 1 aliphatic heterocycles. The number of ether oxygens (including phenoxy) is 2. The van der Waals surface area contributed by atoms with Crippen LogP contribution in [0.5, 0.6) is 5.75 Å². The predicted molar refractivity (Wildman–Crippen MR) is 115 cm³/mol. The average molecular weight is 449 g/mol. The van der Waals surface area contributed by atoms with Crippen LogP contribution in [0, 0.1) is 6.92 Å². The van der Waals surface area contributed by atoms with Gasteiger partial charge in [0.25, 0.3) is 17.7 Å². The molecule has 0 bridgehead atoms. The van der Waals surface area contributed by atoms with E-state index in [1.165, 1.54) is 24.3 Å². The number of nitrogens with zero attached hydrogens (tertiary/aromatic N) is 2. The molecule has 3 aromatic rings. The van der Waals surface area contributed by atoms with Gasteiger partial charge in [0.2, 0.25) is 0 Å². The number of hydrogen-bond donors (Lipinski definition) is 1. The van der Waals surface area contributed by atoms with Crippen molar-refractivity contribution in [1.29, 1.82) is 0 Å². The Kier molecular flexibility index (Phi) is 5.90. The van der Waals surface area contributed by atoms with Gasteiger partial charge < -0.3 is 19.3 Å². The number of fused-ring (bicyclic) bond motifs is 1. The fourth-order valence-electron chi connectivity index (χ4n) is 3.25. The van der Waals surface area contributed by atoms with Crippen molar-refractivity contribution in [3.8, 4) is 5.75 Å². The molecule has 0 aliphatic carbocycles. The van der Waals surface area contributed by atoms with Gasteiger partial charge >= 0.3 is 5.97 Å². The summed E-state index contributed by atoms with van der Waals surface area (Å²) in [5.41, 5.74) is 0.714. The molecule has 1 N–H and O–H groups in total. The van der Waals surface area contributed by atoms with Crippen LogP contribution in [0.15, 0.2) is 53.1 Å². The molecule has 2 aromatic carbocycles. The molecule has 1 aromatic heterocycles. The number of aryl methyl sites for hydroxylation is 1. The third-order valence-corrected chi connectivity index (χ3v) is 4.75. The molecule has 10 nitrogen and oxygen atoms in total. The Morgan fingerprint density at radius 2 is 1.76 bits per heavy atom. The van der Waals surface area contributed by atoms with Gasteiger partial charge in [-0.1, -0.05) is 5.16 Å².